The zero-order valence-electron chi connectivity index (χ0n) is 14.7. The third kappa shape index (κ3) is 7.06. The SMILES string of the molecule is COP(=O)([O-])C(OC(=O)COc1ccc(Cl)cc1Cl)c1ccc(Cl)cc1Cl.[Na+]. The van der Waals surface area contributed by atoms with Gasteiger partial charge in [-0.25, -0.2) is 4.79 Å². The van der Waals surface area contributed by atoms with E-state index in [0.29, 0.717) is 5.02 Å². The molecule has 6 nitrogen and oxygen atoms in total. The largest absolute Gasteiger partial charge is 1.00 e. The van der Waals surface area contributed by atoms with Crippen LogP contribution in [0.4, 0.5) is 0 Å². The standard InChI is InChI=1S/C16H13Cl4O6P.Na/c1-24-27(22,23)16(11-4-2-9(17)6-12(11)19)26-15(21)8-25-14-5-3-10(18)7-13(14)20;/h2-7,16H,8H2,1H3,(H,22,23);/q;+1/p-1. The van der Waals surface area contributed by atoms with Crippen LogP contribution in [-0.4, -0.2) is 19.7 Å². The minimum Gasteiger partial charge on any atom is -0.776 e. The van der Waals surface area contributed by atoms with Crippen molar-refractivity contribution < 1.29 is 57.8 Å². The first-order valence-corrected chi connectivity index (χ1v) is 10.3. The second kappa shape index (κ2) is 11.4. The van der Waals surface area contributed by atoms with Crippen molar-refractivity contribution in [2.45, 2.75) is 5.85 Å². The van der Waals surface area contributed by atoms with E-state index in [-0.39, 0.29) is 55.9 Å². The maximum absolute atomic E-state index is 12.2. The number of carbonyl (C=O) groups excluding carboxylic acids is 1. The van der Waals surface area contributed by atoms with E-state index in [1.807, 2.05) is 0 Å². The van der Waals surface area contributed by atoms with Crippen LogP contribution in [0, 0.1) is 0 Å². The molecule has 28 heavy (non-hydrogen) atoms. The molecule has 0 aliphatic heterocycles. The molecule has 2 atom stereocenters. The van der Waals surface area contributed by atoms with Crippen LogP contribution < -0.4 is 39.2 Å². The average Bonchev–Trinajstić information content (AvgIpc) is 2.59. The van der Waals surface area contributed by atoms with E-state index in [1.165, 1.54) is 36.4 Å². The molecule has 0 saturated heterocycles. The van der Waals surface area contributed by atoms with Gasteiger partial charge in [0.15, 0.2) is 20.0 Å². The Labute approximate surface area is 203 Å². The maximum atomic E-state index is 12.2. The summed E-state index contributed by atoms with van der Waals surface area (Å²) in [5, 5.41) is 0.849. The first-order valence-electron chi connectivity index (χ1n) is 7.23. The van der Waals surface area contributed by atoms with Gasteiger partial charge in [-0.3, -0.25) is 0 Å². The Bertz CT molecular complexity index is 897. The minimum absolute atomic E-state index is 0. The van der Waals surface area contributed by atoms with Gasteiger partial charge in [-0.1, -0.05) is 52.5 Å². The molecule has 0 fully saturated rings. The molecule has 2 unspecified atom stereocenters. The Hall–Kier alpha value is 0.0200. The van der Waals surface area contributed by atoms with Gasteiger partial charge in [0.2, 0.25) is 0 Å². The van der Waals surface area contributed by atoms with Gasteiger partial charge >= 0.3 is 35.5 Å². The van der Waals surface area contributed by atoms with Gasteiger partial charge in [0.25, 0.3) is 0 Å². The first-order chi connectivity index (χ1) is 12.6. The van der Waals surface area contributed by atoms with Crippen LogP contribution in [0.5, 0.6) is 5.75 Å². The number of carbonyl (C=O) groups is 1. The molecule has 0 spiro atoms. The topological polar surface area (TPSA) is 84.9 Å². The monoisotopic (exact) mass is 494 g/mol. The molecule has 0 bridgehead atoms. The zero-order chi connectivity index (χ0) is 20.2. The van der Waals surface area contributed by atoms with Crippen LogP contribution in [0.1, 0.15) is 11.4 Å². The number of hydrogen-bond donors (Lipinski definition) is 0. The van der Waals surface area contributed by atoms with Crippen LogP contribution in [0.25, 0.3) is 0 Å². The molecule has 0 aromatic heterocycles. The molecular formula is C16H12Cl4NaO6P. The van der Waals surface area contributed by atoms with Crippen molar-refractivity contribution in [3.8, 4) is 5.75 Å². The first kappa shape index (κ1) is 26.1. The molecular weight excluding hydrogens is 484 g/mol. The third-order valence-corrected chi connectivity index (χ3v) is 5.81. The van der Waals surface area contributed by atoms with Crippen molar-refractivity contribution in [1.29, 1.82) is 0 Å². The van der Waals surface area contributed by atoms with Gasteiger partial charge in [-0.05, 0) is 30.3 Å². The predicted molar refractivity (Wildman–Crippen MR) is 102 cm³/mol. The fourth-order valence-electron chi connectivity index (χ4n) is 1.98. The van der Waals surface area contributed by atoms with Crippen molar-refractivity contribution in [2.24, 2.45) is 0 Å². The van der Waals surface area contributed by atoms with Gasteiger partial charge in [-0.15, -0.1) is 0 Å². The van der Waals surface area contributed by atoms with Gasteiger partial charge in [0.1, 0.15) is 5.75 Å². The molecule has 0 amide bonds. The summed E-state index contributed by atoms with van der Waals surface area (Å²) in [4.78, 5) is 24.3. The van der Waals surface area contributed by atoms with E-state index in [9.17, 15) is 14.3 Å². The van der Waals surface area contributed by atoms with E-state index < -0.39 is 26.0 Å². The number of esters is 1. The predicted octanol–water partition coefficient (Wildman–Crippen LogP) is 2.12. The van der Waals surface area contributed by atoms with Crippen molar-refractivity contribution in [3.63, 3.8) is 0 Å². The summed E-state index contributed by atoms with van der Waals surface area (Å²) in [7, 11) is -3.69. The molecule has 2 aromatic rings. The molecule has 0 heterocycles. The van der Waals surface area contributed by atoms with Crippen LogP contribution in [-0.2, 0) is 18.6 Å². The van der Waals surface area contributed by atoms with E-state index in [2.05, 4.69) is 4.52 Å². The number of ether oxygens (including phenoxy) is 2. The average molecular weight is 496 g/mol. The summed E-state index contributed by atoms with van der Waals surface area (Å²) in [6.07, 6.45) is 0. The smallest absolute Gasteiger partial charge is 0.776 e. The number of hydrogen-bond acceptors (Lipinski definition) is 6. The van der Waals surface area contributed by atoms with E-state index >= 15 is 0 Å². The van der Waals surface area contributed by atoms with Crippen molar-refractivity contribution in [1.82, 2.24) is 0 Å². The number of rotatable bonds is 7. The summed E-state index contributed by atoms with van der Waals surface area (Å²) in [6.45, 7) is -0.604. The zero-order valence-corrected chi connectivity index (χ0v) is 20.6. The molecule has 146 valence electrons. The molecule has 0 saturated carbocycles. The van der Waals surface area contributed by atoms with Crippen molar-refractivity contribution in [2.75, 3.05) is 13.7 Å². The summed E-state index contributed by atoms with van der Waals surface area (Å²) in [5.74, 6) is -2.58. The molecule has 2 aromatic carbocycles. The van der Waals surface area contributed by atoms with E-state index in [0.717, 1.165) is 7.11 Å². The van der Waals surface area contributed by atoms with Gasteiger partial charge < -0.3 is 23.5 Å². The Balaban J connectivity index is 0.00000392. The van der Waals surface area contributed by atoms with Gasteiger partial charge in [0, 0.05) is 27.7 Å². The van der Waals surface area contributed by atoms with Gasteiger partial charge in [-0.2, -0.15) is 0 Å². The van der Waals surface area contributed by atoms with Crippen molar-refractivity contribution in [3.05, 3.63) is 62.1 Å². The Morgan fingerprint density at radius 1 is 1.07 bits per heavy atom. The summed E-state index contributed by atoms with van der Waals surface area (Å²) < 4.78 is 27.0. The Morgan fingerprint density at radius 2 is 1.64 bits per heavy atom. The number of benzene rings is 2. The third-order valence-electron chi connectivity index (χ3n) is 3.25. The molecule has 0 radical (unpaired) electrons. The fourth-order valence-corrected chi connectivity index (χ4v) is 4.03. The summed E-state index contributed by atoms with van der Waals surface area (Å²) in [6, 6.07) is 8.45. The summed E-state index contributed by atoms with van der Waals surface area (Å²) in [5.41, 5.74) is -0.000810. The Kier molecular flexibility index (Phi) is 10.6. The van der Waals surface area contributed by atoms with Crippen LogP contribution >= 0.6 is 54.0 Å². The normalized spacial score (nSPS) is 13.8. The molecule has 0 N–H and O–H groups in total. The Morgan fingerprint density at radius 3 is 2.18 bits per heavy atom. The molecule has 0 aliphatic carbocycles. The molecule has 12 heteroatoms. The second-order valence-electron chi connectivity index (χ2n) is 5.09. The van der Waals surface area contributed by atoms with Crippen molar-refractivity contribution >= 4 is 60.0 Å². The van der Waals surface area contributed by atoms with Gasteiger partial charge in [0.05, 0.1) is 5.02 Å². The minimum atomic E-state index is -4.63. The van der Waals surface area contributed by atoms with Crippen LogP contribution in [0.3, 0.4) is 0 Å². The van der Waals surface area contributed by atoms with Crippen LogP contribution in [0.15, 0.2) is 36.4 Å². The summed E-state index contributed by atoms with van der Waals surface area (Å²) >= 11 is 23.5. The molecule has 2 rings (SSSR count). The number of halogens is 4. The fraction of sp³-hybridized carbons (Fsp3) is 0.188. The van der Waals surface area contributed by atoms with E-state index in [1.54, 1.807) is 0 Å². The second-order valence-corrected chi connectivity index (χ2v) is 8.69. The maximum Gasteiger partial charge on any atom is 1.00 e. The van der Waals surface area contributed by atoms with E-state index in [4.69, 9.17) is 55.9 Å². The van der Waals surface area contributed by atoms with Crippen LogP contribution in [0.2, 0.25) is 20.1 Å². The quantitative estimate of drug-likeness (QED) is 0.332. The molecule has 0 aliphatic rings.